The van der Waals surface area contributed by atoms with E-state index in [4.69, 9.17) is 25.9 Å². The molecule has 1 aliphatic rings. The summed E-state index contributed by atoms with van der Waals surface area (Å²) in [7, 11) is -3.68. The van der Waals surface area contributed by atoms with Crippen LogP contribution in [0.2, 0.25) is 5.22 Å². The minimum atomic E-state index is -3.68. The summed E-state index contributed by atoms with van der Waals surface area (Å²) in [6.07, 6.45) is 1.87. The molecule has 0 aliphatic carbocycles. The number of ether oxygens (including phenoxy) is 1. The van der Waals surface area contributed by atoms with Gasteiger partial charge in [-0.25, -0.2) is 18.2 Å². The molecule has 0 radical (unpaired) electrons. The number of hydrogen-bond acceptors (Lipinski definition) is 7. The molecule has 1 saturated heterocycles. The summed E-state index contributed by atoms with van der Waals surface area (Å²) in [4.78, 5) is 17.8. The summed E-state index contributed by atoms with van der Waals surface area (Å²) in [5.74, 6) is -1.33. The molecule has 0 saturated carbocycles. The molecule has 8 nitrogen and oxygen atoms in total. The van der Waals surface area contributed by atoms with Crippen molar-refractivity contribution in [3.63, 3.8) is 0 Å². The summed E-state index contributed by atoms with van der Waals surface area (Å²) in [6, 6.07) is 12.8. The number of rotatable bonds is 9. The molecule has 1 aliphatic heterocycles. The Morgan fingerprint density at radius 1 is 1.06 bits per heavy atom. The van der Waals surface area contributed by atoms with Gasteiger partial charge >= 0.3 is 5.97 Å². The number of carboxylic acid groups (broad SMARTS) is 1. The van der Waals surface area contributed by atoms with E-state index in [1.807, 2.05) is 12.1 Å². The van der Waals surface area contributed by atoms with E-state index in [0.29, 0.717) is 5.56 Å². The summed E-state index contributed by atoms with van der Waals surface area (Å²) in [5.41, 5.74) is 1.80. The lowest BCUT2D eigenvalue weighted by molar-refractivity contribution is 0.0374. The van der Waals surface area contributed by atoms with E-state index >= 15 is 0 Å². The van der Waals surface area contributed by atoms with Crippen LogP contribution in [-0.2, 0) is 26.7 Å². The molecule has 10 heteroatoms. The molecule has 3 aromatic rings. The maximum atomic E-state index is 12.9. The second kappa shape index (κ2) is 10.7. The van der Waals surface area contributed by atoms with Crippen LogP contribution < -0.4 is 0 Å². The van der Waals surface area contributed by atoms with Crippen LogP contribution in [0.3, 0.4) is 0 Å². The number of carboxylic acids is 1. The van der Waals surface area contributed by atoms with Gasteiger partial charge in [-0.1, -0.05) is 12.1 Å². The number of aromatic carboxylic acids is 1. The highest BCUT2D eigenvalue weighted by molar-refractivity contribution is 7.90. The number of halogens is 1. The van der Waals surface area contributed by atoms with Crippen LogP contribution in [0.4, 0.5) is 0 Å². The first-order valence-corrected chi connectivity index (χ1v) is 13.0. The van der Waals surface area contributed by atoms with Crippen molar-refractivity contribution in [2.75, 3.05) is 32.8 Å². The van der Waals surface area contributed by atoms with Gasteiger partial charge in [0.25, 0.3) is 0 Å². The van der Waals surface area contributed by atoms with Crippen molar-refractivity contribution in [1.29, 1.82) is 0 Å². The fourth-order valence-electron chi connectivity index (χ4n) is 3.76. The van der Waals surface area contributed by atoms with Gasteiger partial charge in [0.05, 0.1) is 23.7 Å². The number of aromatic nitrogens is 1. The highest BCUT2D eigenvalue weighted by Gasteiger charge is 2.22. The quantitative estimate of drug-likeness (QED) is 0.466. The fourth-order valence-corrected chi connectivity index (χ4v) is 5.29. The minimum absolute atomic E-state index is 0.105. The highest BCUT2D eigenvalue weighted by Crippen LogP contribution is 2.28. The molecule has 0 amide bonds. The predicted molar refractivity (Wildman–Crippen MR) is 127 cm³/mol. The number of hydrogen-bond donors (Lipinski definition) is 1. The van der Waals surface area contributed by atoms with E-state index in [0.717, 1.165) is 51.3 Å². The molecule has 180 valence electrons. The maximum Gasteiger partial charge on any atom is 0.335 e. The molecular formula is C24H25ClN2O6S. The normalized spacial score (nSPS) is 14.9. The van der Waals surface area contributed by atoms with Crippen molar-refractivity contribution in [1.82, 2.24) is 9.88 Å². The van der Waals surface area contributed by atoms with Gasteiger partial charge in [0.15, 0.2) is 9.84 Å². The summed E-state index contributed by atoms with van der Waals surface area (Å²) in [5, 5.41) is 8.90. The van der Waals surface area contributed by atoms with Gasteiger partial charge in [0.2, 0.25) is 11.1 Å². The van der Waals surface area contributed by atoms with E-state index in [1.54, 1.807) is 12.1 Å². The standard InChI is InChI=1S/C24H25ClN2O6S/c25-22-21(26-23(33-22)18-5-7-19(8-6-18)24(28)29)16-34(30,31)20-9-3-17(4-10-20)2-1-11-27-12-14-32-15-13-27/h3-10H,1-2,11-16H2,(H,28,29). The first-order chi connectivity index (χ1) is 16.3. The Labute approximate surface area is 203 Å². The molecule has 0 spiro atoms. The molecule has 0 unspecified atom stereocenters. The van der Waals surface area contributed by atoms with Crippen molar-refractivity contribution in [3.05, 3.63) is 70.6 Å². The number of carbonyl (C=O) groups is 1. The van der Waals surface area contributed by atoms with Crippen LogP contribution in [0.15, 0.2) is 57.8 Å². The van der Waals surface area contributed by atoms with E-state index < -0.39 is 21.6 Å². The van der Waals surface area contributed by atoms with Crippen molar-refractivity contribution >= 4 is 27.4 Å². The largest absolute Gasteiger partial charge is 0.478 e. The van der Waals surface area contributed by atoms with Crippen molar-refractivity contribution in [2.45, 2.75) is 23.5 Å². The number of benzene rings is 2. The van der Waals surface area contributed by atoms with Crippen LogP contribution >= 0.6 is 11.6 Å². The van der Waals surface area contributed by atoms with Crippen LogP contribution in [0.5, 0.6) is 0 Å². The van der Waals surface area contributed by atoms with Gasteiger partial charge in [0, 0.05) is 18.7 Å². The van der Waals surface area contributed by atoms with E-state index in [2.05, 4.69) is 9.88 Å². The minimum Gasteiger partial charge on any atom is -0.478 e. The molecule has 0 atom stereocenters. The van der Waals surface area contributed by atoms with Crippen LogP contribution in [0, 0.1) is 0 Å². The smallest absolute Gasteiger partial charge is 0.335 e. The molecule has 1 aromatic heterocycles. The lowest BCUT2D eigenvalue weighted by atomic mass is 10.1. The third kappa shape index (κ3) is 6.04. The number of sulfone groups is 1. The van der Waals surface area contributed by atoms with Crippen LogP contribution in [-0.4, -0.2) is 62.2 Å². The first kappa shape index (κ1) is 24.4. The number of oxazole rings is 1. The SMILES string of the molecule is O=C(O)c1ccc(-c2nc(CS(=O)(=O)c3ccc(CCCN4CCOCC4)cc3)c(Cl)o2)cc1. The van der Waals surface area contributed by atoms with Gasteiger partial charge < -0.3 is 14.3 Å². The zero-order valence-corrected chi connectivity index (χ0v) is 20.0. The van der Waals surface area contributed by atoms with E-state index in [1.165, 1.54) is 24.3 Å². The first-order valence-electron chi connectivity index (χ1n) is 10.9. The summed E-state index contributed by atoms with van der Waals surface area (Å²) in [6.45, 7) is 4.46. The third-order valence-electron chi connectivity index (χ3n) is 5.68. The number of aryl methyl sites for hydroxylation is 1. The van der Waals surface area contributed by atoms with Gasteiger partial charge in [-0.2, -0.15) is 0 Å². The van der Waals surface area contributed by atoms with Gasteiger partial charge in [0.1, 0.15) is 11.4 Å². The molecule has 34 heavy (non-hydrogen) atoms. The van der Waals surface area contributed by atoms with Gasteiger partial charge in [-0.3, -0.25) is 4.90 Å². The Balaban J connectivity index is 1.39. The molecular weight excluding hydrogens is 480 g/mol. The number of nitrogens with zero attached hydrogens (tertiary/aromatic N) is 2. The average Bonchev–Trinajstić information content (AvgIpc) is 3.19. The van der Waals surface area contributed by atoms with Gasteiger partial charge in [-0.05, 0) is 72.9 Å². The maximum absolute atomic E-state index is 12.9. The fraction of sp³-hybridized carbons (Fsp3) is 0.333. The van der Waals surface area contributed by atoms with E-state index in [-0.39, 0.29) is 27.3 Å². The molecule has 2 heterocycles. The Bertz CT molecular complexity index is 1230. The molecule has 1 N–H and O–H groups in total. The Morgan fingerprint density at radius 2 is 1.74 bits per heavy atom. The van der Waals surface area contributed by atoms with Crippen molar-refractivity contribution in [2.24, 2.45) is 0 Å². The third-order valence-corrected chi connectivity index (χ3v) is 7.62. The van der Waals surface area contributed by atoms with Crippen LogP contribution in [0.25, 0.3) is 11.5 Å². The molecule has 0 bridgehead atoms. The zero-order valence-electron chi connectivity index (χ0n) is 18.4. The summed E-state index contributed by atoms with van der Waals surface area (Å²) < 4.78 is 36.6. The monoisotopic (exact) mass is 504 g/mol. The lowest BCUT2D eigenvalue weighted by Gasteiger charge is -2.26. The molecule has 1 fully saturated rings. The Hall–Kier alpha value is -2.72. The average molecular weight is 505 g/mol. The van der Waals surface area contributed by atoms with Gasteiger partial charge in [-0.15, -0.1) is 0 Å². The molecule has 4 rings (SSSR count). The highest BCUT2D eigenvalue weighted by atomic mass is 35.5. The van der Waals surface area contributed by atoms with Crippen LogP contribution in [0.1, 0.15) is 28.0 Å². The topological polar surface area (TPSA) is 110 Å². The predicted octanol–water partition coefficient (Wildman–Crippen LogP) is 3.93. The van der Waals surface area contributed by atoms with Crippen molar-refractivity contribution in [3.8, 4) is 11.5 Å². The lowest BCUT2D eigenvalue weighted by Crippen LogP contribution is -2.36. The second-order valence-corrected chi connectivity index (χ2v) is 10.4. The summed E-state index contributed by atoms with van der Waals surface area (Å²) >= 11 is 6.12. The number of morpholine rings is 1. The van der Waals surface area contributed by atoms with E-state index in [9.17, 15) is 13.2 Å². The van der Waals surface area contributed by atoms with Crippen molar-refractivity contribution < 1.29 is 27.5 Å². The Kier molecular flexibility index (Phi) is 7.67. The Morgan fingerprint density at radius 3 is 2.38 bits per heavy atom. The zero-order chi connectivity index (χ0) is 24.1. The molecule has 2 aromatic carbocycles. The second-order valence-electron chi connectivity index (χ2n) is 8.08.